The molecule has 0 aliphatic rings. The van der Waals surface area contributed by atoms with Crippen molar-refractivity contribution in [3.8, 4) is 5.88 Å². The van der Waals surface area contributed by atoms with Gasteiger partial charge in [-0.05, 0) is 54.7 Å². The summed E-state index contributed by atoms with van der Waals surface area (Å²) in [7, 11) is -2.43. The third kappa shape index (κ3) is 5.59. The van der Waals surface area contributed by atoms with E-state index < -0.39 is 10.0 Å². The Morgan fingerprint density at radius 2 is 1.76 bits per heavy atom. The van der Waals surface area contributed by atoms with E-state index in [0.717, 1.165) is 0 Å². The summed E-state index contributed by atoms with van der Waals surface area (Å²) < 4.78 is 45.5. The van der Waals surface area contributed by atoms with Gasteiger partial charge in [0.15, 0.2) is 5.11 Å². The fraction of sp³-hybridized carbons (Fsp3) is 0.0556. The van der Waals surface area contributed by atoms with Gasteiger partial charge in [0.1, 0.15) is 18.0 Å². The van der Waals surface area contributed by atoms with Gasteiger partial charge in [-0.2, -0.15) is 0 Å². The van der Waals surface area contributed by atoms with E-state index in [2.05, 4.69) is 25.3 Å². The van der Waals surface area contributed by atoms with E-state index in [0.29, 0.717) is 11.4 Å². The minimum atomic E-state index is -3.85. The lowest BCUT2D eigenvalue weighted by atomic mass is 10.3. The van der Waals surface area contributed by atoms with Crippen LogP contribution in [0.3, 0.4) is 0 Å². The van der Waals surface area contributed by atoms with Gasteiger partial charge in [0.25, 0.3) is 10.0 Å². The van der Waals surface area contributed by atoms with Gasteiger partial charge in [-0.3, -0.25) is 4.72 Å². The number of hydrogen-bond acceptors (Lipinski definition) is 6. The van der Waals surface area contributed by atoms with E-state index in [-0.39, 0.29) is 27.5 Å². The van der Waals surface area contributed by atoms with Crippen LogP contribution in [0.25, 0.3) is 0 Å². The zero-order valence-electron chi connectivity index (χ0n) is 15.1. The van der Waals surface area contributed by atoms with E-state index in [1.807, 2.05) is 0 Å². The topological polar surface area (TPSA) is 105 Å². The molecule has 0 atom stereocenters. The van der Waals surface area contributed by atoms with Crippen molar-refractivity contribution in [3.63, 3.8) is 0 Å². The van der Waals surface area contributed by atoms with Gasteiger partial charge in [-0.15, -0.1) is 0 Å². The molecule has 2 aromatic carbocycles. The molecule has 0 spiro atoms. The zero-order valence-corrected chi connectivity index (χ0v) is 16.7. The highest BCUT2D eigenvalue weighted by Gasteiger charge is 2.15. The number of halogens is 1. The molecule has 1 heterocycles. The van der Waals surface area contributed by atoms with Crippen molar-refractivity contribution in [2.24, 2.45) is 0 Å². The second-order valence-corrected chi connectivity index (χ2v) is 7.76. The van der Waals surface area contributed by atoms with Crippen molar-refractivity contribution in [1.29, 1.82) is 0 Å². The number of anilines is 3. The van der Waals surface area contributed by atoms with Crippen molar-refractivity contribution in [2.75, 3.05) is 22.5 Å². The van der Waals surface area contributed by atoms with E-state index >= 15 is 0 Å². The van der Waals surface area contributed by atoms with Crippen LogP contribution in [0.2, 0.25) is 0 Å². The summed E-state index contributed by atoms with van der Waals surface area (Å²) in [5.41, 5.74) is 1.05. The predicted molar refractivity (Wildman–Crippen MR) is 112 cm³/mol. The first-order valence-corrected chi connectivity index (χ1v) is 10.1. The van der Waals surface area contributed by atoms with Gasteiger partial charge in [0, 0.05) is 17.4 Å². The Balaban J connectivity index is 1.66. The Kier molecular flexibility index (Phi) is 6.20. The normalized spacial score (nSPS) is 10.8. The minimum absolute atomic E-state index is 0.0321. The number of benzene rings is 2. The maximum absolute atomic E-state index is 13.2. The maximum atomic E-state index is 13.2. The lowest BCUT2D eigenvalue weighted by molar-refractivity contribution is 0.397. The number of nitrogens with zero attached hydrogens (tertiary/aromatic N) is 2. The van der Waals surface area contributed by atoms with Gasteiger partial charge < -0.3 is 15.4 Å². The highest BCUT2D eigenvalue weighted by molar-refractivity contribution is 7.92. The van der Waals surface area contributed by atoms with Crippen LogP contribution >= 0.6 is 12.2 Å². The fourth-order valence-electron chi connectivity index (χ4n) is 2.28. The van der Waals surface area contributed by atoms with Crippen LogP contribution in [-0.4, -0.2) is 30.6 Å². The Morgan fingerprint density at radius 3 is 2.45 bits per heavy atom. The van der Waals surface area contributed by atoms with Gasteiger partial charge in [-0.25, -0.2) is 22.8 Å². The number of methoxy groups -OCH3 is 1. The Labute approximate surface area is 172 Å². The molecule has 8 nitrogen and oxygen atoms in total. The monoisotopic (exact) mass is 433 g/mol. The zero-order chi connectivity index (χ0) is 20.9. The van der Waals surface area contributed by atoms with Crippen molar-refractivity contribution in [2.45, 2.75) is 4.90 Å². The number of sulfonamides is 1. The summed E-state index contributed by atoms with van der Waals surface area (Å²) in [5.74, 6) is -0.0720. The van der Waals surface area contributed by atoms with Crippen LogP contribution in [0, 0.1) is 5.82 Å². The highest BCUT2D eigenvalue weighted by Crippen LogP contribution is 2.19. The van der Waals surface area contributed by atoms with Gasteiger partial charge in [0.05, 0.1) is 12.0 Å². The Morgan fingerprint density at radius 1 is 1.03 bits per heavy atom. The molecule has 0 unspecified atom stereocenters. The quantitative estimate of drug-likeness (QED) is 0.509. The molecule has 0 radical (unpaired) electrons. The molecular weight excluding hydrogens is 417 g/mol. The molecule has 0 saturated heterocycles. The predicted octanol–water partition coefficient (Wildman–Crippen LogP) is 3.23. The van der Waals surface area contributed by atoms with Crippen molar-refractivity contribution < 1.29 is 17.5 Å². The van der Waals surface area contributed by atoms with Crippen LogP contribution in [0.15, 0.2) is 65.8 Å². The summed E-state index contributed by atoms with van der Waals surface area (Å²) in [6, 6.07) is 13.1. The van der Waals surface area contributed by atoms with Crippen molar-refractivity contribution >= 4 is 44.5 Å². The number of ether oxygens (including phenoxy) is 1. The third-order valence-corrected chi connectivity index (χ3v) is 5.17. The van der Waals surface area contributed by atoms with Crippen LogP contribution in [-0.2, 0) is 10.0 Å². The summed E-state index contributed by atoms with van der Waals surface area (Å²) in [6.45, 7) is 0. The maximum Gasteiger partial charge on any atom is 0.263 e. The van der Waals surface area contributed by atoms with Crippen LogP contribution in [0.5, 0.6) is 5.88 Å². The van der Waals surface area contributed by atoms with E-state index in [4.69, 9.17) is 17.0 Å². The SMILES string of the molecule is COc1cc(NS(=O)(=O)c2ccc(NC(=S)Nc3cccc(F)c3)cc2)ncn1. The minimum Gasteiger partial charge on any atom is -0.481 e. The molecule has 11 heteroatoms. The van der Waals surface area contributed by atoms with Gasteiger partial charge in [0.2, 0.25) is 5.88 Å². The van der Waals surface area contributed by atoms with E-state index in [1.165, 1.54) is 43.8 Å². The molecule has 1 aromatic heterocycles. The first-order chi connectivity index (χ1) is 13.9. The molecule has 0 bridgehead atoms. The summed E-state index contributed by atoms with van der Waals surface area (Å²) in [5, 5.41) is 5.98. The molecule has 0 aliphatic heterocycles. The van der Waals surface area contributed by atoms with Crippen LogP contribution in [0.4, 0.5) is 21.6 Å². The molecule has 29 heavy (non-hydrogen) atoms. The molecular formula is C18H16FN5O3S2. The summed E-state index contributed by atoms with van der Waals surface area (Å²) >= 11 is 5.18. The second-order valence-electron chi connectivity index (χ2n) is 5.66. The lowest BCUT2D eigenvalue weighted by Gasteiger charge is -2.12. The number of hydrogen-bond donors (Lipinski definition) is 3. The van der Waals surface area contributed by atoms with Gasteiger partial charge >= 0.3 is 0 Å². The first-order valence-electron chi connectivity index (χ1n) is 8.18. The molecule has 0 aliphatic carbocycles. The van der Waals surface area contributed by atoms with Gasteiger partial charge in [-0.1, -0.05) is 6.07 Å². The molecule has 3 rings (SSSR count). The molecule has 0 saturated carbocycles. The molecule has 0 amide bonds. The van der Waals surface area contributed by atoms with E-state index in [9.17, 15) is 12.8 Å². The molecule has 0 fully saturated rings. The van der Waals surface area contributed by atoms with E-state index in [1.54, 1.807) is 24.3 Å². The number of nitrogens with one attached hydrogen (secondary N) is 3. The fourth-order valence-corrected chi connectivity index (χ4v) is 3.52. The lowest BCUT2D eigenvalue weighted by Crippen LogP contribution is -2.19. The Bertz CT molecular complexity index is 1120. The number of aromatic nitrogens is 2. The van der Waals surface area contributed by atoms with Crippen molar-refractivity contribution in [1.82, 2.24) is 9.97 Å². The van der Waals surface area contributed by atoms with Crippen LogP contribution < -0.4 is 20.1 Å². The smallest absolute Gasteiger partial charge is 0.263 e. The number of thiocarbonyl (C=S) groups is 1. The second kappa shape index (κ2) is 8.80. The third-order valence-electron chi connectivity index (χ3n) is 3.60. The standard InChI is InChI=1S/C18H16FN5O3S2/c1-27-17-10-16(20-11-21-17)24-29(25,26)15-7-5-13(6-8-15)22-18(28)23-14-4-2-3-12(19)9-14/h2-11H,1H3,(H,20,21,24)(H2,22,23,28). The largest absolute Gasteiger partial charge is 0.481 e. The highest BCUT2D eigenvalue weighted by atomic mass is 32.2. The molecule has 150 valence electrons. The summed E-state index contributed by atoms with van der Waals surface area (Å²) in [6.07, 6.45) is 1.19. The summed E-state index contributed by atoms with van der Waals surface area (Å²) in [4.78, 5) is 7.71. The average Bonchev–Trinajstić information content (AvgIpc) is 2.68. The van der Waals surface area contributed by atoms with Crippen LogP contribution in [0.1, 0.15) is 0 Å². The number of rotatable bonds is 6. The Hall–Kier alpha value is -3.31. The average molecular weight is 433 g/mol. The molecule has 3 aromatic rings. The molecule has 3 N–H and O–H groups in total. The first kappa shape index (κ1) is 20.4. The van der Waals surface area contributed by atoms with Crippen molar-refractivity contribution in [3.05, 3.63) is 66.7 Å².